The van der Waals surface area contributed by atoms with E-state index in [0.717, 1.165) is 6.42 Å². The minimum absolute atomic E-state index is 0.0479. The van der Waals surface area contributed by atoms with E-state index < -0.39 is 0 Å². The summed E-state index contributed by atoms with van der Waals surface area (Å²) in [7, 11) is 1.64. The Morgan fingerprint density at radius 1 is 1.21 bits per heavy atom. The molecule has 1 saturated carbocycles. The first kappa shape index (κ1) is 11.9. The molecule has 4 heteroatoms. The van der Waals surface area contributed by atoms with Crippen LogP contribution in [0.5, 0.6) is 0 Å². The Labute approximate surface area is 85.2 Å². The third-order valence-corrected chi connectivity index (χ3v) is 2.35. The third kappa shape index (κ3) is 3.20. The van der Waals surface area contributed by atoms with E-state index in [4.69, 9.17) is 14.2 Å². The van der Waals surface area contributed by atoms with Gasteiger partial charge in [0.05, 0.1) is 25.4 Å². The second-order valence-corrected chi connectivity index (χ2v) is 3.54. The van der Waals surface area contributed by atoms with Crippen LogP contribution in [0.3, 0.4) is 0 Å². The molecule has 1 rings (SSSR count). The highest BCUT2D eigenvalue weighted by Crippen LogP contribution is 2.27. The molecule has 14 heavy (non-hydrogen) atoms. The Morgan fingerprint density at radius 2 is 2.00 bits per heavy atom. The highest BCUT2D eigenvalue weighted by molar-refractivity contribution is 4.91. The molecule has 1 aliphatic carbocycles. The molecule has 1 fully saturated rings. The summed E-state index contributed by atoms with van der Waals surface area (Å²) in [5.41, 5.74) is 0. The van der Waals surface area contributed by atoms with Gasteiger partial charge in [-0.2, -0.15) is 0 Å². The van der Waals surface area contributed by atoms with E-state index in [1.165, 1.54) is 0 Å². The largest absolute Gasteiger partial charge is 0.390 e. The van der Waals surface area contributed by atoms with E-state index in [2.05, 4.69) is 0 Å². The summed E-state index contributed by atoms with van der Waals surface area (Å²) in [6.07, 6.45) is 1.21. The third-order valence-electron chi connectivity index (χ3n) is 2.35. The average molecular weight is 204 g/mol. The maximum atomic E-state index is 9.43. The summed E-state index contributed by atoms with van der Waals surface area (Å²) in [5, 5.41) is 9.43. The second kappa shape index (κ2) is 6.35. The van der Waals surface area contributed by atoms with Gasteiger partial charge in [0.15, 0.2) is 0 Å². The molecular weight excluding hydrogens is 184 g/mol. The monoisotopic (exact) mass is 204 g/mol. The van der Waals surface area contributed by atoms with Crippen LogP contribution >= 0.6 is 0 Å². The molecule has 1 aliphatic rings. The van der Waals surface area contributed by atoms with Gasteiger partial charge in [-0.25, -0.2) is 0 Å². The highest BCUT2D eigenvalue weighted by atomic mass is 16.6. The summed E-state index contributed by atoms with van der Waals surface area (Å²) in [4.78, 5) is 0. The van der Waals surface area contributed by atoms with Crippen LogP contribution in [0.2, 0.25) is 0 Å². The van der Waals surface area contributed by atoms with Gasteiger partial charge in [-0.05, 0) is 6.42 Å². The fraction of sp³-hybridized carbons (Fsp3) is 1.00. The number of aliphatic hydroxyl groups is 1. The SMILES string of the molecule is CCCOC1C(O)CC1OCCOC. The van der Waals surface area contributed by atoms with Gasteiger partial charge in [-0.15, -0.1) is 0 Å². The van der Waals surface area contributed by atoms with E-state index in [9.17, 15) is 5.11 Å². The van der Waals surface area contributed by atoms with Crippen molar-refractivity contribution in [2.45, 2.75) is 38.1 Å². The first-order valence-corrected chi connectivity index (χ1v) is 5.19. The summed E-state index contributed by atoms with van der Waals surface area (Å²) >= 11 is 0. The van der Waals surface area contributed by atoms with Crippen LogP contribution in [0.4, 0.5) is 0 Å². The molecule has 1 N–H and O–H groups in total. The van der Waals surface area contributed by atoms with E-state index in [1.54, 1.807) is 7.11 Å². The molecule has 0 heterocycles. The number of rotatable bonds is 7. The smallest absolute Gasteiger partial charge is 0.110 e. The molecule has 0 aliphatic heterocycles. The first-order valence-electron chi connectivity index (χ1n) is 5.19. The topological polar surface area (TPSA) is 47.9 Å². The quantitative estimate of drug-likeness (QED) is 0.616. The predicted molar refractivity (Wildman–Crippen MR) is 52.3 cm³/mol. The fourth-order valence-corrected chi connectivity index (χ4v) is 1.48. The molecule has 3 unspecified atom stereocenters. The highest BCUT2D eigenvalue weighted by Gasteiger charge is 2.41. The predicted octanol–water partition coefficient (Wildman–Crippen LogP) is 0.578. The zero-order valence-corrected chi connectivity index (χ0v) is 8.94. The molecule has 0 spiro atoms. The van der Waals surface area contributed by atoms with Gasteiger partial charge >= 0.3 is 0 Å². The van der Waals surface area contributed by atoms with Crippen molar-refractivity contribution >= 4 is 0 Å². The van der Waals surface area contributed by atoms with Gasteiger partial charge in [0.2, 0.25) is 0 Å². The van der Waals surface area contributed by atoms with E-state index in [1.807, 2.05) is 6.92 Å². The van der Waals surface area contributed by atoms with E-state index in [-0.39, 0.29) is 18.3 Å². The van der Waals surface area contributed by atoms with Gasteiger partial charge in [-0.1, -0.05) is 6.92 Å². The molecule has 0 bridgehead atoms. The maximum Gasteiger partial charge on any atom is 0.110 e. The Bertz CT molecular complexity index is 151. The average Bonchev–Trinajstić information content (AvgIpc) is 2.17. The van der Waals surface area contributed by atoms with Gasteiger partial charge in [0.25, 0.3) is 0 Å². The second-order valence-electron chi connectivity index (χ2n) is 3.54. The molecule has 0 amide bonds. The molecule has 0 aromatic heterocycles. The lowest BCUT2D eigenvalue weighted by atomic mass is 9.88. The molecule has 84 valence electrons. The van der Waals surface area contributed by atoms with Crippen molar-refractivity contribution in [1.29, 1.82) is 0 Å². The Morgan fingerprint density at radius 3 is 2.57 bits per heavy atom. The minimum Gasteiger partial charge on any atom is -0.390 e. The van der Waals surface area contributed by atoms with Crippen molar-refractivity contribution < 1.29 is 19.3 Å². The summed E-state index contributed by atoms with van der Waals surface area (Å²) < 4.78 is 15.8. The fourth-order valence-electron chi connectivity index (χ4n) is 1.48. The van der Waals surface area contributed by atoms with Crippen molar-refractivity contribution in [3.8, 4) is 0 Å². The molecule has 0 saturated heterocycles. The Kier molecular flexibility index (Phi) is 5.40. The first-order chi connectivity index (χ1) is 6.79. The normalized spacial score (nSPS) is 31.5. The molecule has 0 aromatic rings. The number of hydrogen-bond acceptors (Lipinski definition) is 4. The Balaban J connectivity index is 2.12. The van der Waals surface area contributed by atoms with Crippen molar-refractivity contribution in [2.75, 3.05) is 26.9 Å². The number of aliphatic hydroxyl groups excluding tert-OH is 1. The van der Waals surface area contributed by atoms with Crippen LogP contribution in [-0.2, 0) is 14.2 Å². The molecule has 0 aromatic carbocycles. The lowest BCUT2D eigenvalue weighted by Gasteiger charge is -2.40. The van der Waals surface area contributed by atoms with Crippen LogP contribution in [0, 0.1) is 0 Å². The van der Waals surface area contributed by atoms with Gasteiger partial charge in [0.1, 0.15) is 6.10 Å². The van der Waals surface area contributed by atoms with Crippen molar-refractivity contribution in [1.82, 2.24) is 0 Å². The minimum atomic E-state index is -0.353. The number of methoxy groups -OCH3 is 1. The number of ether oxygens (including phenoxy) is 3. The van der Waals surface area contributed by atoms with Crippen molar-refractivity contribution in [2.24, 2.45) is 0 Å². The summed E-state index contributed by atoms with van der Waals surface area (Å²) in [6.45, 7) is 3.89. The van der Waals surface area contributed by atoms with Gasteiger partial charge in [0, 0.05) is 20.1 Å². The van der Waals surface area contributed by atoms with Crippen molar-refractivity contribution in [3.05, 3.63) is 0 Å². The van der Waals surface area contributed by atoms with Gasteiger partial charge in [-0.3, -0.25) is 0 Å². The van der Waals surface area contributed by atoms with Crippen LogP contribution < -0.4 is 0 Å². The molecule has 0 radical (unpaired) electrons. The van der Waals surface area contributed by atoms with Crippen LogP contribution in [0.15, 0.2) is 0 Å². The zero-order valence-electron chi connectivity index (χ0n) is 8.94. The summed E-state index contributed by atoms with van der Waals surface area (Å²) in [5.74, 6) is 0. The lowest BCUT2D eigenvalue weighted by molar-refractivity contribution is -0.194. The Hall–Kier alpha value is -0.160. The van der Waals surface area contributed by atoms with E-state index in [0.29, 0.717) is 26.2 Å². The standard InChI is InChI=1S/C10H20O4/c1-3-4-14-10-8(11)7-9(10)13-6-5-12-2/h8-11H,3-7H2,1-2H3. The molecule has 4 nitrogen and oxygen atoms in total. The van der Waals surface area contributed by atoms with Crippen molar-refractivity contribution in [3.63, 3.8) is 0 Å². The van der Waals surface area contributed by atoms with Crippen LogP contribution in [-0.4, -0.2) is 50.3 Å². The van der Waals surface area contributed by atoms with Gasteiger partial charge < -0.3 is 19.3 Å². The summed E-state index contributed by atoms with van der Waals surface area (Å²) in [6, 6.07) is 0. The van der Waals surface area contributed by atoms with E-state index >= 15 is 0 Å². The molecular formula is C10H20O4. The lowest BCUT2D eigenvalue weighted by Crippen LogP contribution is -2.54. The molecule has 3 atom stereocenters. The van der Waals surface area contributed by atoms with Crippen LogP contribution in [0.25, 0.3) is 0 Å². The zero-order chi connectivity index (χ0) is 10.4. The van der Waals surface area contributed by atoms with Crippen LogP contribution in [0.1, 0.15) is 19.8 Å². The number of hydrogen-bond donors (Lipinski definition) is 1. The maximum absolute atomic E-state index is 9.43.